The summed E-state index contributed by atoms with van der Waals surface area (Å²) >= 11 is 3.58. The van der Waals surface area contributed by atoms with Gasteiger partial charge in [-0.3, -0.25) is 19.5 Å². The third-order valence-electron chi connectivity index (χ3n) is 10.4. The van der Waals surface area contributed by atoms with Crippen LogP contribution >= 0.6 is 15.9 Å². The Bertz CT molecular complexity index is 2150. The number of nitrogens with zero attached hydrogens (tertiary/aromatic N) is 3. The van der Waals surface area contributed by atoms with Gasteiger partial charge in [-0.15, -0.1) is 0 Å². The molecule has 1 fully saturated rings. The topological polar surface area (TPSA) is 108 Å². The molecule has 51 heavy (non-hydrogen) atoms. The van der Waals surface area contributed by atoms with E-state index in [1.54, 1.807) is 29.0 Å². The summed E-state index contributed by atoms with van der Waals surface area (Å²) in [6.07, 6.45) is -0.962. The van der Waals surface area contributed by atoms with Gasteiger partial charge in [0.2, 0.25) is 14.3 Å². The summed E-state index contributed by atoms with van der Waals surface area (Å²) < 4.78 is 25.5. The maximum atomic E-state index is 16.4. The second-order valence-electron chi connectivity index (χ2n) is 14.0. The number of H-pyrrole nitrogens is 1. The Kier molecular flexibility index (Phi) is 9.38. The number of aromatic nitrogens is 2. The highest BCUT2D eigenvalue weighted by Gasteiger charge is 2.67. The van der Waals surface area contributed by atoms with Gasteiger partial charge in [0.1, 0.15) is 0 Å². The second kappa shape index (κ2) is 13.6. The van der Waals surface area contributed by atoms with Crippen molar-refractivity contribution in [2.45, 2.75) is 56.8 Å². The van der Waals surface area contributed by atoms with Gasteiger partial charge in [-0.25, -0.2) is 4.68 Å². The first-order valence-corrected chi connectivity index (χ1v) is 20.9. The minimum Gasteiger partial charge on any atom is -0.395 e. The van der Waals surface area contributed by atoms with Crippen LogP contribution in [-0.2, 0) is 33.0 Å². The first kappa shape index (κ1) is 35.1. The number of nitrogens with one attached hydrogen (secondary N) is 1. The van der Waals surface area contributed by atoms with Gasteiger partial charge in [0, 0.05) is 34.6 Å². The molecule has 0 aliphatic carbocycles. The molecule has 7 rings (SSSR count). The highest BCUT2D eigenvalue weighted by atomic mass is 79.9. The van der Waals surface area contributed by atoms with Crippen molar-refractivity contribution in [3.63, 3.8) is 0 Å². The molecule has 4 aromatic carbocycles. The lowest BCUT2D eigenvalue weighted by Gasteiger charge is -2.31. The van der Waals surface area contributed by atoms with Crippen molar-refractivity contribution in [2.24, 2.45) is 5.92 Å². The van der Waals surface area contributed by atoms with E-state index in [1.807, 2.05) is 97.9 Å². The van der Waals surface area contributed by atoms with Gasteiger partial charge in [-0.05, 0) is 66.7 Å². The van der Waals surface area contributed by atoms with Crippen LogP contribution in [0.4, 0.5) is 9.80 Å². The first-order valence-electron chi connectivity index (χ1n) is 17.1. The van der Waals surface area contributed by atoms with Gasteiger partial charge < -0.3 is 23.8 Å². The van der Waals surface area contributed by atoms with E-state index in [1.165, 1.54) is 4.68 Å². The molecule has 2 aliphatic rings. The minimum absolute atomic E-state index is 0.116. The first-order chi connectivity index (χ1) is 24.4. The number of hydrogen-bond donors (Lipinski definition) is 2. The number of carbonyl (C=O) groups is 2. The minimum atomic E-state index is -3.51. The van der Waals surface area contributed by atoms with Crippen molar-refractivity contribution >= 4 is 52.7 Å². The van der Waals surface area contributed by atoms with Crippen LogP contribution in [0, 0.1) is 5.92 Å². The molecular weight excluding hydrogens is 731 g/mol. The second-order valence-corrected chi connectivity index (χ2v) is 18.7. The maximum Gasteiger partial charge on any atom is 0.279 e. The Labute approximate surface area is 304 Å². The number of halogens is 2. The predicted molar refractivity (Wildman–Crippen MR) is 201 cm³/mol. The Balaban J connectivity index is 1.19. The lowest BCUT2D eigenvalue weighted by molar-refractivity contribution is -0.150. The van der Waals surface area contributed by atoms with Crippen molar-refractivity contribution in [1.29, 1.82) is 0 Å². The van der Waals surface area contributed by atoms with Crippen LogP contribution in [-0.4, -0.2) is 59.3 Å². The number of carbonyl (C=O) groups excluding carboxylic acids is 2. The van der Waals surface area contributed by atoms with Gasteiger partial charge in [0.15, 0.2) is 5.60 Å². The Morgan fingerprint density at radius 2 is 1.71 bits per heavy atom. The summed E-state index contributed by atoms with van der Waals surface area (Å²) in [6, 6.07) is 29.9. The molecule has 5 aromatic rings. The smallest absolute Gasteiger partial charge is 0.279 e. The fourth-order valence-corrected chi connectivity index (χ4v) is 10.9. The van der Waals surface area contributed by atoms with Crippen molar-refractivity contribution < 1.29 is 23.5 Å². The van der Waals surface area contributed by atoms with Crippen LogP contribution in [0.15, 0.2) is 106 Å². The molecule has 0 radical (unpaired) electrons. The van der Waals surface area contributed by atoms with Crippen LogP contribution in [0.3, 0.4) is 0 Å². The molecule has 2 amide bonds. The number of rotatable bonds is 10. The number of para-hydroxylation sites is 1. The van der Waals surface area contributed by atoms with Crippen LogP contribution in [0.5, 0.6) is 0 Å². The van der Waals surface area contributed by atoms with Crippen LogP contribution in [0.25, 0.3) is 16.6 Å². The number of anilines is 1. The van der Waals surface area contributed by atoms with Gasteiger partial charge in [0.25, 0.3) is 11.5 Å². The average molecular weight is 772 g/mol. The number of benzene rings is 4. The molecule has 3 heterocycles. The zero-order valence-corrected chi connectivity index (χ0v) is 31.3. The summed E-state index contributed by atoms with van der Waals surface area (Å²) in [6.45, 7) is 5.52. The summed E-state index contributed by atoms with van der Waals surface area (Å²) in [5.41, 5.74) is 2.15. The molecule has 1 spiro atoms. The van der Waals surface area contributed by atoms with Crippen molar-refractivity contribution in [3.05, 3.63) is 129 Å². The zero-order chi connectivity index (χ0) is 36.1. The molecule has 2 N–H and O–H groups in total. The maximum absolute atomic E-state index is 16.4. The molecule has 2 aliphatic heterocycles. The molecule has 1 aromatic heterocycles. The average Bonchev–Trinajstić information content (AvgIpc) is 3.68. The molecule has 1 saturated heterocycles. The monoisotopic (exact) mass is 770 g/mol. The van der Waals surface area contributed by atoms with Gasteiger partial charge in [-0.1, -0.05) is 77.5 Å². The summed E-state index contributed by atoms with van der Waals surface area (Å²) in [5.74, 6) is -1.13. The number of amides is 2. The SMILES string of the molecule is C[C@@H]1[C@@H]([Si](C)(C)F)[C@H](CC(=O)N(CCO)Cc2ccccc2)O[C@@]12C(=O)N(Cc1ccc(-n3[nH]c4ccccc4c3=O)cc1)c1ccc(Br)cc12. The Morgan fingerprint density at radius 3 is 2.39 bits per heavy atom. The number of aliphatic hydroxyl groups excluding tert-OH is 1. The molecule has 4 atom stereocenters. The quantitative estimate of drug-likeness (QED) is 0.120. The van der Waals surface area contributed by atoms with E-state index in [0.29, 0.717) is 28.9 Å². The van der Waals surface area contributed by atoms with Crippen LogP contribution < -0.4 is 10.5 Å². The standard InChI is InChI=1S/C39H40BrFN4O5Si/c1-25-36(51(2,3)41)34(22-35(47)43(19-20-46)23-26-9-5-4-6-10-26)50-39(25)31-21-28(40)15-18-33(31)44(38(39)49)24-27-13-16-29(17-14-27)45-37(48)30-11-7-8-12-32(30)42-45/h4-18,21,25,34,36,42,46H,19-20,22-24H2,1-3H3/t25-,34+,36-,39+/m1/s1. The van der Waals surface area contributed by atoms with Crippen molar-refractivity contribution in [2.75, 3.05) is 18.1 Å². The Morgan fingerprint density at radius 1 is 1.00 bits per heavy atom. The van der Waals surface area contributed by atoms with Gasteiger partial charge in [-0.2, -0.15) is 0 Å². The van der Waals surface area contributed by atoms with Crippen molar-refractivity contribution in [3.8, 4) is 5.69 Å². The number of fused-ring (bicyclic) bond motifs is 3. The fraction of sp³-hybridized carbons (Fsp3) is 0.308. The van der Waals surface area contributed by atoms with Gasteiger partial charge in [0.05, 0.1) is 48.0 Å². The molecule has 12 heteroatoms. The van der Waals surface area contributed by atoms with E-state index in [2.05, 4.69) is 21.0 Å². The molecular formula is C39H40BrFN4O5Si. The largest absolute Gasteiger partial charge is 0.395 e. The van der Waals surface area contributed by atoms with E-state index >= 15 is 4.11 Å². The molecule has 9 nitrogen and oxygen atoms in total. The predicted octanol–water partition coefficient (Wildman–Crippen LogP) is 6.81. The zero-order valence-electron chi connectivity index (χ0n) is 28.7. The highest BCUT2D eigenvalue weighted by molar-refractivity contribution is 9.10. The van der Waals surface area contributed by atoms with Crippen LogP contribution in [0.2, 0.25) is 18.6 Å². The molecule has 264 valence electrons. The summed E-state index contributed by atoms with van der Waals surface area (Å²) in [4.78, 5) is 45.0. The van der Waals surface area contributed by atoms with E-state index in [-0.39, 0.29) is 43.5 Å². The van der Waals surface area contributed by atoms with Gasteiger partial charge >= 0.3 is 0 Å². The lowest BCUT2D eigenvalue weighted by Crippen LogP contribution is -2.45. The van der Waals surface area contributed by atoms with E-state index in [9.17, 15) is 19.5 Å². The third-order valence-corrected chi connectivity index (χ3v) is 13.3. The summed E-state index contributed by atoms with van der Waals surface area (Å²) in [5, 5.41) is 13.5. The lowest BCUT2D eigenvalue weighted by atomic mass is 9.82. The van der Waals surface area contributed by atoms with E-state index in [0.717, 1.165) is 21.1 Å². The third kappa shape index (κ3) is 6.28. The van der Waals surface area contributed by atoms with Crippen LogP contribution in [0.1, 0.15) is 30.0 Å². The Hall–Kier alpha value is -4.36. The van der Waals surface area contributed by atoms with E-state index < -0.39 is 31.6 Å². The van der Waals surface area contributed by atoms with E-state index in [4.69, 9.17) is 4.74 Å². The number of ether oxygens (including phenoxy) is 1. The van der Waals surface area contributed by atoms with Crippen molar-refractivity contribution in [1.82, 2.24) is 14.7 Å². The normalized spacial score (nSPS) is 21.5. The number of aliphatic hydroxyl groups is 1. The number of hydrogen-bond acceptors (Lipinski definition) is 5. The summed E-state index contributed by atoms with van der Waals surface area (Å²) in [7, 11) is -3.51. The highest BCUT2D eigenvalue weighted by Crippen LogP contribution is 2.60. The molecule has 0 bridgehead atoms. The fourth-order valence-electron chi connectivity index (χ4n) is 8.07. The molecule has 0 saturated carbocycles. The molecule has 0 unspecified atom stereocenters. The number of aromatic amines is 1.